The SMILES string of the molecule is C=C(/C=C\C(C)=C\CC)CNc1ncnc2ccc(Br)cc12.CC. The lowest BCUT2D eigenvalue weighted by molar-refractivity contribution is 1.16. The second-order valence-corrected chi connectivity index (χ2v) is 6.00. The van der Waals surface area contributed by atoms with Crippen LogP contribution in [0.5, 0.6) is 0 Å². The van der Waals surface area contributed by atoms with Crippen molar-refractivity contribution in [3.05, 3.63) is 65.0 Å². The molecule has 0 radical (unpaired) electrons. The van der Waals surface area contributed by atoms with Crippen LogP contribution in [0, 0.1) is 0 Å². The van der Waals surface area contributed by atoms with Crippen LogP contribution in [0.15, 0.2) is 65.0 Å². The van der Waals surface area contributed by atoms with Crippen molar-refractivity contribution in [2.45, 2.75) is 34.1 Å². The van der Waals surface area contributed by atoms with Gasteiger partial charge in [0.05, 0.1) is 5.52 Å². The fourth-order valence-corrected chi connectivity index (χ4v) is 2.43. The van der Waals surface area contributed by atoms with Crippen LogP contribution in [0.4, 0.5) is 5.82 Å². The Labute approximate surface area is 153 Å². The van der Waals surface area contributed by atoms with Gasteiger partial charge >= 0.3 is 0 Å². The summed E-state index contributed by atoms with van der Waals surface area (Å²) in [5.74, 6) is 0.821. The lowest BCUT2D eigenvalue weighted by atomic mass is 10.2. The van der Waals surface area contributed by atoms with Crippen LogP contribution in [-0.2, 0) is 0 Å². The number of benzene rings is 1. The monoisotopic (exact) mass is 387 g/mol. The van der Waals surface area contributed by atoms with Crippen molar-refractivity contribution in [3.8, 4) is 0 Å². The van der Waals surface area contributed by atoms with E-state index in [0.29, 0.717) is 6.54 Å². The van der Waals surface area contributed by atoms with Crippen LogP contribution in [0.25, 0.3) is 10.9 Å². The van der Waals surface area contributed by atoms with E-state index in [1.807, 2.05) is 38.1 Å². The molecule has 1 aromatic heterocycles. The highest BCUT2D eigenvalue weighted by Gasteiger charge is 2.03. The molecule has 0 unspecified atom stereocenters. The average molecular weight is 388 g/mol. The fraction of sp³-hybridized carbons (Fsp3) is 0.300. The number of hydrogen-bond acceptors (Lipinski definition) is 3. The number of halogens is 1. The molecule has 24 heavy (non-hydrogen) atoms. The van der Waals surface area contributed by atoms with E-state index in [0.717, 1.165) is 33.2 Å². The first kappa shape index (κ1) is 20.1. The molecule has 0 bridgehead atoms. The molecule has 0 saturated carbocycles. The van der Waals surface area contributed by atoms with Gasteiger partial charge in [-0.05, 0) is 37.1 Å². The molecule has 1 heterocycles. The third kappa shape index (κ3) is 6.28. The largest absolute Gasteiger partial charge is 0.365 e. The van der Waals surface area contributed by atoms with Gasteiger partial charge in [0.1, 0.15) is 12.1 Å². The summed E-state index contributed by atoms with van der Waals surface area (Å²) >= 11 is 3.48. The molecule has 128 valence electrons. The summed E-state index contributed by atoms with van der Waals surface area (Å²) in [5.41, 5.74) is 3.18. The van der Waals surface area contributed by atoms with Crippen LogP contribution in [0.1, 0.15) is 34.1 Å². The lowest BCUT2D eigenvalue weighted by Crippen LogP contribution is -2.05. The highest BCUT2D eigenvalue weighted by molar-refractivity contribution is 9.10. The summed E-state index contributed by atoms with van der Waals surface area (Å²) in [6.45, 7) is 12.9. The number of aromatic nitrogens is 2. The topological polar surface area (TPSA) is 37.8 Å². The molecular weight excluding hydrogens is 362 g/mol. The zero-order valence-corrected chi connectivity index (χ0v) is 16.5. The predicted octanol–water partition coefficient (Wildman–Crippen LogP) is 6.30. The summed E-state index contributed by atoms with van der Waals surface area (Å²) < 4.78 is 1.01. The van der Waals surface area contributed by atoms with E-state index in [1.165, 1.54) is 5.57 Å². The van der Waals surface area contributed by atoms with E-state index in [9.17, 15) is 0 Å². The molecule has 0 saturated heterocycles. The summed E-state index contributed by atoms with van der Waals surface area (Å²) in [6, 6.07) is 5.97. The number of allylic oxidation sites excluding steroid dienone is 3. The zero-order valence-electron chi connectivity index (χ0n) is 14.9. The van der Waals surface area contributed by atoms with Gasteiger partial charge in [0.15, 0.2) is 0 Å². The average Bonchev–Trinajstić information content (AvgIpc) is 2.60. The third-order valence-electron chi connectivity index (χ3n) is 3.19. The molecule has 0 amide bonds. The van der Waals surface area contributed by atoms with Crippen molar-refractivity contribution in [2.75, 3.05) is 11.9 Å². The molecule has 0 spiro atoms. The molecule has 0 aliphatic carbocycles. The number of hydrogen-bond donors (Lipinski definition) is 1. The van der Waals surface area contributed by atoms with Crippen LogP contribution >= 0.6 is 15.9 Å². The van der Waals surface area contributed by atoms with E-state index in [4.69, 9.17) is 0 Å². The predicted molar refractivity (Wildman–Crippen MR) is 109 cm³/mol. The Kier molecular flexibility index (Phi) is 9.02. The molecule has 1 aromatic carbocycles. The second-order valence-electron chi connectivity index (χ2n) is 5.09. The minimum Gasteiger partial charge on any atom is -0.365 e. The highest BCUT2D eigenvalue weighted by Crippen LogP contribution is 2.23. The van der Waals surface area contributed by atoms with Gasteiger partial charge in [0, 0.05) is 16.4 Å². The number of rotatable bonds is 6. The smallest absolute Gasteiger partial charge is 0.137 e. The highest BCUT2D eigenvalue weighted by atomic mass is 79.9. The first-order chi connectivity index (χ1) is 11.6. The Balaban J connectivity index is 0.00000139. The van der Waals surface area contributed by atoms with Crippen molar-refractivity contribution >= 4 is 32.7 Å². The van der Waals surface area contributed by atoms with Crippen LogP contribution in [0.2, 0.25) is 0 Å². The molecule has 2 rings (SSSR count). The Morgan fingerprint density at radius 2 is 2.00 bits per heavy atom. The molecule has 0 aliphatic rings. The Bertz CT molecular complexity index is 733. The van der Waals surface area contributed by atoms with Crippen molar-refractivity contribution in [1.82, 2.24) is 9.97 Å². The van der Waals surface area contributed by atoms with Gasteiger partial charge < -0.3 is 5.32 Å². The Morgan fingerprint density at radius 1 is 1.25 bits per heavy atom. The normalized spacial score (nSPS) is 11.3. The number of anilines is 1. The molecule has 0 aliphatic heterocycles. The Hall–Kier alpha value is -1.94. The maximum Gasteiger partial charge on any atom is 0.137 e. The van der Waals surface area contributed by atoms with Crippen LogP contribution in [0.3, 0.4) is 0 Å². The summed E-state index contributed by atoms with van der Waals surface area (Å²) in [5, 5.41) is 4.32. The van der Waals surface area contributed by atoms with Gasteiger partial charge in [-0.15, -0.1) is 0 Å². The van der Waals surface area contributed by atoms with Gasteiger partial charge in [-0.1, -0.05) is 67.1 Å². The van der Waals surface area contributed by atoms with Crippen molar-refractivity contribution in [1.29, 1.82) is 0 Å². The molecule has 0 atom stereocenters. The molecule has 0 fully saturated rings. The second kappa shape index (κ2) is 10.8. The van der Waals surface area contributed by atoms with Crippen molar-refractivity contribution in [3.63, 3.8) is 0 Å². The van der Waals surface area contributed by atoms with Gasteiger partial charge in [0.25, 0.3) is 0 Å². The van der Waals surface area contributed by atoms with Gasteiger partial charge in [0.2, 0.25) is 0 Å². The number of fused-ring (bicyclic) bond motifs is 1. The lowest BCUT2D eigenvalue weighted by Gasteiger charge is -2.08. The number of nitrogens with zero attached hydrogens (tertiary/aromatic N) is 2. The molecule has 2 aromatic rings. The third-order valence-corrected chi connectivity index (χ3v) is 3.68. The minimum absolute atomic E-state index is 0.647. The van der Waals surface area contributed by atoms with E-state index >= 15 is 0 Å². The maximum absolute atomic E-state index is 4.32. The first-order valence-corrected chi connectivity index (χ1v) is 9.06. The quantitative estimate of drug-likeness (QED) is 0.590. The molecule has 1 N–H and O–H groups in total. The molecule has 4 heteroatoms. The number of nitrogens with one attached hydrogen (secondary N) is 1. The van der Waals surface area contributed by atoms with Gasteiger partial charge in [-0.25, -0.2) is 9.97 Å². The van der Waals surface area contributed by atoms with Gasteiger partial charge in [-0.2, -0.15) is 0 Å². The zero-order chi connectivity index (χ0) is 17.9. The van der Waals surface area contributed by atoms with E-state index in [2.05, 4.69) is 63.8 Å². The Morgan fingerprint density at radius 3 is 2.71 bits per heavy atom. The summed E-state index contributed by atoms with van der Waals surface area (Å²) in [4.78, 5) is 8.60. The van der Waals surface area contributed by atoms with Crippen molar-refractivity contribution < 1.29 is 0 Å². The van der Waals surface area contributed by atoms with Crippen molar-refractivity contribution in [2.24, 2.45) is 0 Å². The van der Waals surface area contributed by atoms with E-state index in [1.54, 1.807) is 6.33 Å². The van der Waals surface area contributed by atoms with Crippen LogP contribution < -0.4 is 5.32 Å². The maximum atomic E-state index is 4.32. The summed E-state index contributed by atoms with van der Waals surface area (Å²) in [6.07, 6.45) is 8.93. The van der Waals surface area contributed by atoms with Crippen LogP contribution in [-0.4, -0.2) is 16.5 Å². The standard InChI is InChI=1S/C18H20BrN3.C2H6/c1-4-5-13(2)6-7-14(3)11-20-18-16-10-15(19)8-9-17(16)21-12-22-18;1-2/h5-10,12H,3-4,11H2,1-2H3,(H,20,21,22);1-2H3/b7-6-,13-5+;. The summed E-state index contributed by atoms with van der Waals surface area (Å²) in [7, 11) is 0. The molecule has 3 nitrogen and oxygen atoms in total. The minimum atomic E-state index is 0.647. The van der Waals surface area contributed by atoms with E-state index < -0.39 is 0 Å². The molecular formula is C20H26BrN3. The van der Waals surface area contributed by atoms with E-state index in [-0.39, 0.29) is 0 Å². The van der Waals surface area contributed by atoms with Gasteiger partial charge in [-0.3, -0.25) is 0 Å². The first-order valence-electron chi connectivity index (χ1n) is 8.27. The fourth-order valence-electron chi connectivity index (χ4n) is 2.07.